The predicted molar refractivity (Wildman–Crippen MR) is 119 cm³/mol. The molecule has 0 N–H and O–H groups in total. The van der Waals surface area contributed by atoms with Gasteiger partial charge in [0.15, 0.2) is 5.06 Å². The summed E-state index contributed by atoms with van der Waals surface area (Å²) in [6.07, 6.45) is 8.92. The van der Waals surface area contributed by atoms with Crippen LogP contribution in [0.5, 0.6) is 5.06 Å². The summed E-state index contributed by atoms with van der Waals surface area (Å²) in [6.45, 7) is 5.05. The zero-order valence-corrected chi connectivity index (χ0v) is 17.1. The number of aryl methyl sites for hydroxylation is 1. The standard InChI is InChI=1S/C25H28OS/c1-3-5-6-7-19-26-25-18-17-24(27-25)23-15-13-22(14-16-23)21-11-9-20(8-4-2)10-12-21/h6-7,9-18H,3-5,8,19H2,1-2H3/b7-6+. The lowest BCUT2D eigenvalue weighted by Crippen LogP contribution is -1.90. The van der Waals surface area contributed by atoms with E-state index in [1.54, 1.807) is 11.3 Å². The van der Waals surface area contributed by atoms with Gasteiger partial charge < -0.3 is 4.74 Å². The summed E-state index contributed by atoms with van der Waals surface area (Å²) in [7, 11) is 0. The molecule has 140 valence electrons. The molecule has 0 radical (unpaired) electrons. The molecule has 0 fully saturated rings. The molecule has 0 saturated carbocycles. The molecule has 1 nitrogen and oxygen atoms in total. The van der Waals surface area contributed by atoms with Crippen LogP contribution in [0.15, 0.2) is 72.8 Å². The number of benzene rings is 2. The van der Waals surface area contributed by atoms with Gasteiger partial charge in [0.25, 0.3) is 0 Å². The second-order valence-electron chi connectivity index (χ2n) is 6.71. The van der Waals surface area contributed by atoms with Gasteiger partial charge in [-0.3, -0.25) is 0 Å². The monoisotopic (exact) mass is 376 g/mol. The third-order valence-corrected chi connectivity index (χ3v) is 5.57. The van der Waals surface area contributed by atoms with Gasteiger partial charge in [0.2, 0.25) is 0 Å². The molecule has 0 unspecified atom stereocenters. The van der Waals surface area contributed by atoms with E-state index in [1.807, 2.05) is 0 Å². The third kappa shape index (κ3) is 5.58. The SMILES string of the molecule is CCC/C=C/COc1ccc(-c2ccc(-c3ccc(CCC)cc3)cc2)s1. The number of hydrogen-bond donors (Lipinski definition) is 0. The fourth-order valence-electron chi connectivity index (χ4n) is 3.02. The van der Waals surface area contributed by atoms with E-state index in [4.69, 9.17) is 4.74 Å². The molecule has 3 rings (SSSR count). The third-order valence-electron chi connectivity index (χ3n) is 4.52. The van der Waals surface area contributed by atoms with Crippen LogP contribution < -0.4 is 4.74 Å². The number of allylic oxidation sites excluding steroid dienone is 1. The molecular formula is C25H28OS. The van der Waals surface area contributed by atoms with E-state index in [9.17, 15) is 0 Å². The maximum absolute atomic E-state index is 5.81. The lowest BCUT2D eigenvalue weighted by molar-refractivity contribution is 0.373. The molecule has 1 heterocycles. The molecule has 2 heteroatoms. The van der Waals surface area contributed by atoms with Crippen molar-refractivity contribution in [2.45, 2.75) is 39.5 Å². The van der Waals surface area contributed by atoms with Crippen LogP contribution in [0.4, 0.5) is 0 Å². The minimum absolute atomic E-state index is 0.646. The van der Waals surface area contributed by atoms with Crippen LogP contribution in [0.3, 0.4) is 0 Å². The molecule has 0 spiro atoms. The zero-order valence-electron chi connectivity index (χ0n) is 16.3. The fraction of sp³-hybridized carbons (Fsp3) is 0.280. The normalized spacial score (nSPS) is 11.2. The Morgan fingerprint density at radius 1 is 0.741 bits per heavy atom. The van der Waals surface area contributed by atoms with E-state index in [1.165, 1.54) is 40.0 Å². The molecule has 0 saturated heterocycles. The number of hydrogen-bond acceptors (Lipinski definition) is 2. The maximum Gasteiger partial charge on any atom is 0.174 e. The van der Waals surface area contributed by atoms with Crippen molar-refractivity contribution in [1.29, 1.82) is 0 Å². The molecule has 3 aromatic rings. The van der Waals surface area contributed by atoms with Gasteiger partial charge in [-0.15, -0.1) is 0 Å². The highest BCUT2D eigenvalue weighted by molar-refractivity contribution is 7.17. The van der Waals surface area contributed by atoms with Gasteiger partial charge in [-0.25, -0.2) is 0 Å². The molecule has 0 aliphatic heterocycles. The van der Waals surface area contributed by atoms with E-state index in [2.05, 4.69) is 86.7 Å². The Morgan fingerprint density at radius 3 is 2.07 bits per heavy atom. The highest BCUT2D eigenvalue weighted by Gasteiger charge is 2.05. The van der Waals surface area contributed by atoms with E-state index in [-0.39, 0.29) is 0 Å². The quantitative estimate of drug-likeness (QED) is 0.347. The minimum Gasteiger partial charge on any atom is -0.480 e. The van der Waals surface area contributed by atoms with Gasteiger partial charge in [0.05, 0.1) is 0 Å². The summed E-state index contributed by atoms with van der Waals surface area (Å²) >= 11 is 1.70. The summed E-state index contributed by atoms with van der Waals surface area (Å²) in [6, 6.07) is 22.0. The average Bonchev–Trinajstić information content (AvgIpc) is 3.18. The lowest BCUT2D eigenvalue weighted by Gasteiger charge is -2.05. The molecule has 0 amide bonds. The molecule has 0 bridgehead atoms. The van der Waals surface area contributed by atoms with Crippen LogP contribution in [0.25, 0.3) is 21.6 Å². The van der Waals surface area contributed by atoms with Crippen molar-refractivity contribution in [3.63, 3.8) is 0 Å². The van der Waals surface area contributed by atoms with Crippen molar-refractivity contribution in [2.24, 2.45) is 0 Å². The molecule has 0 aliphatic carbocycles. The lowest BCUT2D eigenvalue weighted by atomic mass is 10.0. The second kappa shape index (κ2) is 10.1. The smallest absolute Gasteiger partial charge is 0.174 e. The molecule has 0 aliphatic rings. The van der Waals surface area contributed by atoms with E-state index >= 15 is 0 Å². The first kappa shape index (κ1) is 19.4. The summed E-state index contributed by atoms with van der Waals surface area (Å²) in [5.74, 6) is 0. The number of thiophene rings is 1. The first-order chi connectivity index (χ1) is 13.3. The van der Waals surface area contributed by atoms with Gasteiger partial charge in [-0.1, -0.05) is 98.7 Å². The van der Waals surface area contributed by atoms with Crippen LogP contribution in [0.2, 0.25) is 0 Å². The summed E-state index contributed by atoms with van der Waals surface area (Å²) in [4.78, 5) is 1.24. The van der Waals surface area contributed by atoms with Crippen molar-refractivity contribution in [3.05, 3.63) is 78.4 Å². The van der Waals surface area contributed by atoms with Gasteiger partial charge in [-0.2, -0.15) is 0 Å². The number of rotatable bonds is 9. The predicted octanol–water partition coefficient (Wildman–Crippen LogP) is 7.77. The van der Waals surface area contributed by atoms with Crippen LogP contribution in [0.1, 0.15) is 38.7 Å². The molecular weight excluding hydrogens is 348 g/mol. The fourth-order valence-corrected chi connectivity index (χ4v) is 3.88. The average molecular weight is 377 g/mol. The van der Waals surface area contributed by atoms with Crippen LogP contribution in [-0.2, 0) is 6.42 Å². The largest absolute Gasteiger partial charge is 0.480 e. The maximum atomic E-state index is 5.81. The topological polar surface area (TPSA) is 9.23 Å². The molecule has 2 aromatic carbocycles. The Hall–Kier alpha value is -2.32. The highest BCUT2D eigenvalue weighted by atomic mass is 32.1. The molecule has 0 atom stereocenters. The first-order valence-electron chi connectivity index (χ1n) is 9.87. The number of ether oxygens (including phenoxy) is 1. The Kier molecular flexibility index (Phi) is 7.29. The summed E-state index contributed by atoms with van der Waals surface area (Å²) in [5.41, 5.74) is 5.18. The number of unbranched alkanes of at least 4 members (excludes halogenated alkanes) is 1. The Labute approximate surface area is 167 Å². The Morgan fingerprint density at radius 2 is 1.41 bits per heavy atom. The first-order valence-corrected chi connectivity index (χ1v) is 10.7. The van der Waals surface area contributed by atoms with Crippen LogP contribution in [-0.4, -0.2) is 6.61 Å². The van der Waals surface area contributed by atoms with Crippen molar-refractivity contribution < 1.29 is 4.74 Å². The highest BCUT2D eigenvalue weighted by Crippen LogP contribution is 2.34. The van der Waals surface area contributed by atoms with Gasteiger partial charge in [0, 0.05) is 4.88 Å². The van der Waals surface area contributed by atoms with Crippen LogP contribution >= 0.6 is 11.3 Å². The van der Waals surface area contributed by atoms with Crippen molar-refractivity contribution in [2.75, 3.05) is 6.61 Å². The van der Waals surface area contributed by atoms with E-state index < -0.39 is 0 Å². The minimum atomic E-state index is 0.646. The van der Waals surface area contributed by atoms with Gasteiger partial charge in [-0.05, 0) is 47.2 Å². The van der Waals surface area contributed by atoms with E-state index in [0.29, 0.717) is 6.61 Å². The zero-order chi connectivity index (χ0) is 18.9. The van der Waals surface area contributed by atoms with Crippen LogP contribution in [0, 0.1) is 0 Å². The van der Waals surface area contributed by atoms with Crippen molar-refractivity contribution in [1.82, 2.24) is 0 Å². The molecule has 1 aromatic heterocycles. The second-order valence-corrected chi connectivity index (χ2v) is 7.76. The Bertz CT molecular complexity index is 841. The molecule has 27 heavy (non-hydrogen) atoms. The summed E-state index contributed by atoms with van der Waals surface area (Å²) in [5, 5.41) is 0.974. The van der Waals surface area contributed by atoms with Crippen molar-refractivity contribution >= 4 is 11.3 Å². The van der Waals surface area contributed by atoms with E-state index in [0.717, 1.165) is 17.9 Å². The summed E-state index contributed by atoms with van der Waals surface area (Å²) < 4.78 is 5.81. The van der Waals surface area contributed by atoms with Gasteiger partial charge in [0.1, 0.15) is 6.61 Å². The van der Waals surface area contributed by atoms with Gasteiger partial charge >= 0.3 is 0 Å². The Balaban J connectivity index is 1.63. The van der Waals surface area contributed by atoms with Crippen molar-refractivity contribution in [3.8, 4) is 26.6 Å².